The number of hydrogen-bond acceptors (Lipinski definition) is 1. The molecule has 0 saturated carbocycles. The smallest absolute Gasteiger partial charge is 0.143 e. The van der Waals surface area contributed by atoms with E-state index in [-0.39, 0.29) is 0 Å². The molecule has 53 heavy (non-hydrogen) atoms. The molecule has 0 atom stereocenters. The van der Waals surface area contributed by atoms with E-state index in [1.165, 1.54) is 82.2 Å². The number of furan rings is 1. The molecule has 0 bridgehead atoms. The van der Waals surface area contributed by atoms with E-state index in [2.05, 4.69) is 194 Å². The van der Waals surface area contributed by atoms with Gasteiger partial charge >= 0.3 is 0 Å². The highest BCUT2D eigenvalue weighted by molar-refractivity contribution is 6.24. The molecule has 0 fully saturated rings. The fourth-order valence-electron chi connectivity index (χ4n) is 8.56. The summed E-state index contributed by atoms with van der Waals surface area (Å²) >= 11 is 0. The molecular formula is C52H32O. The molecule has 0 aliphatic carbocycles. The van der Waals surface area contributed by atoms with Crippen LogP contribution < -0.4 is 0 Å². The number of rotatable bonds is 4. The maximum absolute atomic E-state index is 6.41. The molecule has 0 spiro atoms. The zero-order valence-corrected chi connectivity index (χ0v) is 28.9. The summed E-state index contributed by atoms with van der Waals surface area (Å²) in [7, 11) is 0. The zero-order valence-electron chi connectivity index (χ0n) is 28.9. The fourth-order valence-corrected chi connectivity index (χ4v) is 8.56. The van der Waals surface area contributed by atoms with Gasteiger partial charge in [0.25, 0.3) is 0 Å². The Morgan fingerprint density at radius 3 is 1.53 bits per heavy atom. The van der Waals surface area contributed by atoms with Crippen LogP contribution in [0.1, 0.15) is 0 Å². The molecule has 0 amide bonds. The topological polar surface area (TPSA) is 13.1 Å². The van der Waals surface area contributed by atoms with Crippen LogP contribution in [0.5, 0.6) is 0 Å². The predicted molar refractivity (Wildman–Crippen MR) is 225 cm³/mol. The van der Waals surface area contributed by atoms with Gasteiger partial charge < -0.3 is 4.42 Å². The lowest BCUT2D eigenvalue weighted by molar-refractivity contribution is 0.672. The number of hydrogen-bond donors (Lipinski definition) is 0. The molecular weight excluding hydrogens is 641 g/mol. The maximum Gasteiger partial charge on any atom is 0.143 e. The molecule has 0 radical (unpaired) electrons. The van der Waals surface area contributed by atoms with E-state index < -0.39 is 0 Å². The Bertz CT molecular complexity index is 3150. The highest BCUT2D eigenvalue weighted by Crippen LogP contribution is 2.46. The van der Waals surface area contributed by atoms with Crippen molar-refractivity contribution >= 4 is 65.0 Å². The van der Waals surface area contributed by atoms with Crippen molar-refractivity contribution in [1.29, 1.82) is 0 Å². The lowest BCUT2D eigenvalue weighted by Gasteiger charge is -2.20. The van der Waals surface area contributed by atoms with Crippen LogP contribution in [0.25, 0.3) is 110 Å². The average Bonchev–Trinajstić information content (AvgIpc) is 3.61. The maximum atomic E-state index is 6.41. The summed E-state index contributed by atoms with van der Waals surface area (Å²) in [4.78, 5) is 0. The van der Waals surface area contributed by atoms with Gasteiger partial charge in [-0.1, -0.05) is 164 Å². The van der Waals surface area contributed by atoms with Crippen LogP contribution in [0.3, 0.4) is 0 Å². The highest BCUT2D eigenvalue weighted by Gasteiger charge is 2.19. The first-order valence-electron chi connectivity index (χ1n) is 18.3. The van der Waals surface area contributed by atoms with Crippen molar-refractivity contribution in [3.63, 3.8) is 0 Å². The number of benzene rings is 10. The number of fused-ring (bicyclic) bond motifs is 8. The van der Waals surface area contributed by atoms with E-state index in [4.69, 9.17) is 4.42 Å². The van der Waals surface area contributed by atoms with E-state index in [1.54, 1.807) is 0 Å². The second kappa shape index (κ2) is 11.8. The van der Waals surface area contributed by atoms with Crippen molar-refractivity contribution in [2.75, 3.05) is 0 Å². The minimum atomic E-state index is 0.914. The summed E-state index contributed by atoms with van der Waals surface area (Å²) in [5, 5.41) is 12.1. The largest absolute Gasteiger partial charge is 0.455 e. The molecule has 10 aromatic carbocycles. The third-order valence-corrected chi connectivity index (χ3v) is 11.0. The van der Waals surface area contributed by atoms with E-state index in [0.29, 0.717) is 0 Å². The van der Waals surface area contributed by atoms with Crippen LogP contribution in [0, 0.1) is 0 Å². The molecule has 0 aliphatic rings. The summed E-state index contributed by atoms with van der Waals surface area (Å²) in [6, 6.07) is 70.6. The summed E-state index contributed by atoms with van der Waals surface area (Å²) in [5.74, 6) is 0. The van der Waals surface area contributed by atoms with Gasteiger partial charge in [-0.05, 0) is 113 Å². The predicted octanol–water partition coefficient (Wildman–Crippen LogP) is 14.9. The van der Waals surface area contributed by atoms with Gasteiger partial charge in [0, 0.05) is 16.2 Å². The van der Waals surface area contributed by atoms with Crippen molar-refractivity contribution in [1.82, 2.24) is 0 Å². The Hall–Kier alpha value is -6.96. The third-order valence-electron chi connectivity index (χ3n) is 11.0. The van der Waals surface area contributed by atoms with Crippen LogP contribution in [-0.2, 0) is 0 Å². The standard InChI is InChI=1S/C52H32O/c1-2-12-33(13-3-1)39-30-38-15-5-6-16-40(38)48(32-39)51-44-20-10-8-18-42(44)50(43-19-9-11-21-45(43)51)36-24-22-34(23-25-36)37-27-29-49-47(31-37)46-28-26-35-14-4-7-17-41(35)52(46)53-49/h1-32H. The van der Waals surface area contributed by atoms with E-state index in [9.17, 15) is 0 Å². The van der Waals surface area contributed by atoms with Crippen LogP contribution in [0.2, 0.25) is 0 Å². The van der Waals surface area contributed by atoms with Gasteiger partial charge in [-0.2, -0.15) is 0 Å². The van der Waals surface area contributed by atoms with Gasteiger partial charge in [0.1, 0.15) is 11.2 Å². The van der Waals surface area contributed by atoms with Crippen molar-refractivity contribution < 1.29 is 4.42 Å². The fraction of sp³-hybridized carbons (Fsp3) is 0. The van der Waals surface area contributed by atoms with Gasteiger partial charge in [-0.15, -0.1) is 0 Å². The Balaban J connectivity index is 1.09. The van der Waals surface area contributed by atoms with Gasteiger partial charge in [-0.25, -0.2) is 0 Å². The zero-order chi connectivity index (χ0) is 34.9. The lowest BCUT2D eigenvalue weighted by Crippen LogP contribution is -1.92. The Labute approximate surface area is 307 Å². The minimum Gasteiger partial charge on any atom is -0.455 e. The first-order chi connectivity index (χ1) is 26.3. The van der Waals surface area contributed by atoms with Crippen LogP contribution in [0.15, 0.2) is 199 Å². The Morgan fingerprint density at radius 2 is 0.811 bits per heavy atom. The van der Waals surface area contributed by atoms with E-state index >= 15 is 0 Å². The monoisotopic (exact) mass is 672 g/mol. The molecule has 1 nitrogen and oxygen atoms in total. The SMILES string of the molecule is c1ccc(-c2cc(-c3c4ccccc4c(-c4ccc(-c5ccc6oc7c8ccccc8ccc7c6c5)cc4)c4ccccc34)c3ccccc3c2)cc1. The molecule has 11 aromatic rings. The molecule has 1 heteroatoms. The second-order valence-corrected chi connectivity index (χ2v) is 14.0. The molecule has 0 aliphatic heterocycles. The van der Waals surface area contributed by atoms with Gasteiger partial charge in [0.15, 0.2) is 0 Å². The average molecular weight is 673 g/mol. The van der Waals surface area contributed by atoms with Gasteiger partial charge in [0.05, 0.1) is 0 Å². The lowest BCUT2D eigenvalue weighted by atomic mass is 9.83. The molecule has 1 aromatic heterocycles. The van der Waals surface area contributed by atoms with E-state index in [0.717, 1.165) is 27.3 Å². The molecule has 11 rings (SSSR count). The van der Waals surface area contributed by atoms with Gasteiger partial charge in [-0.3, -0.25) is 0 Å². The second-order valence-electron chi connectivity index (χ2n) is 14.0. The summed E-state index contributed by atoms with van der Waals surface area (Å²) in [6.45, 7) is 0. The quantitative estimate of drug-likeness (QED) is 0.170. The van der Waals surface area contributed by atoms with E-state index in [1.807, 2.05) is 0 Å². The van der Waals surface area contributed by atoms with Crippen molar-refractivity contribution in [2.24, 2.45) is 0 Å². The summed E-state index contributed by atoms with van der Waals surface area (Å²) in [5.41, 5.74) is 11.7. The van der Waals surface area contributed by atoms with Crippen molar-refractivity contribution in [2.45, 2.75) is 0 Å². The molecule has 0 N–H and O–H groups in total. The first-order valence-corrected chi connectivity index (χ1v) is 18.3. The third kappa shape index (κ3) is 4.71. The molecule has 0 saturated heterocycles. The molecule has 246 valence electrons. The normalized spacial score (nSPS) is 11.8. The Kier molecular flexibility index (Phi) is 6.62. The van der Waals surface area contributed by atoms with Crippen LogP contribution in [0.4, 0.5) is 0 Å². The first kappa shape index (κ1) is 29.7. The summed E-state index contributed by atoms with van der Waals surface area (Å²) in [6.07, 6.45) is 0. The molecule has 0 unspecified atom stereocenters. The van der Waals surface area contributed by atoms with Gasteiger partial charge in [0.2, 0.25) is 0 Å². The van der Waals surface area contributed by atoms with Crippen molar-refractivity contribution in [3.8, 4) is 44.5 Å². The summed E-state index contributed by atoms with van der Waals surface area (Å²) < 4.78 is 6.41. The van der Waals surface area contributed by atoms with Crippen molar-refractivity contribution in [3.05, 3.63) is 194 Å². The van der Waals surface area contributed by atoms with Crippen LogP contribution in [-0.4, -0.2) is 0 Å². The Morgan fingerprint density at radius 1 is 0.264 bits per heavy atom. The molecule has 1 heterocycles. The minimum absolute atomic E-state index is 0.914. The highest BCUT2D eigenvalue weighted by atomic mass is 16.3. The van der Waals surface area contributed by atoms with Crippen LogP contribution >= 0.6 is 0 Å².